The molecule has 0 aliphatic carbocycles. The third-order valence-electron chi connectivity index (χ3n) is 2.78. The number of nitro benzene ring substituents is 1. The van der Waals surface area contributed by atoms with Crippen molar-refractivity contribution in [3.63, 3.8) is 0 Å². The standard InChI is InChI=1S/C12H5ClN4O3/c13-12-14-4-3-9(16-12)10-7-5-6(17(19)20)1-2-8(7)15-11(10)18/h1-5H. The van der Waals surface area contributed by atoms with E-state index >= 15 is 0 Å². The van der Waals surface area contributed by atoms with Gasteiger partial charge in [0.25, 0.3) is 11.6 Å². The third-order valence-corrected chi connectivity index (χ3v) is 2.96. The lowest BCUT2D eigenvalue weighted by Gasteiger charge is -1.99. The van der Waals surface area contributed by atoms with Crippen molar-refractivity contribution in [1.29, 1.82) is 0 Å². The molecule has 98 valence electrons. The summed E-state index contributed by atoms with van der Waals surface area (Å²) in [6.07, 6.45) is 1.40. The molecule has 0 bridgehead atoms. The summed E-state index contributed by atoms with van der Waals surface area (Å²) in [6, 6.07) is 5.53. The van der Waals surface area contributed by atoms with Gasteiger partial charge < -0.3 is 0 Å². The number of carbonyl (C=O) groups excluding carboxylic acids is 1. The summed E-state index contributed by atoms with van der Waals surface area (Å²) < 4.78 is 0. The van der Waals surface area contributed by atoms with Crippen LogP contribution in [0.4, 0.5) is 5.69 Å². The van der Waals surface area contributed by atoms with E-state index in [1.165, 1.54) is 30.5 Å². The Balaban J connectivity index is 2.35. The highest BCUT2D eigenvalue weighted by Gasteiger charge is 2.21. The van der Waals surface area contributed by atoms with E-state index in [0.29, 0.717) is 10.6 Å². The van der Waals surface area contributed by atoms with Crippen LogP contribution in [0.25, 0.3) is 5.57 Å². The summed E-state index contributed by atoms with van der Waals surface area (Å²) in [7, 11) is 0. The number of nitro groups is 1. The predicted octanol–water partition coefficient (Wildman–Crippen LogP) is 0.397. The Labute approximate surface area is 116 Å². The average molecular weight is 289 g/mol. The maximum absolute atomic E-state index is 11.9. The van der Waals surface area contributed by atoms with Crippen molar-refractivity contribution in [2.75, 3.05) is 0 Å². The lowest BCUT2D eigenvalue weighted by molar-refractivity contribution is -0.385. The van der Waals surface area contributed by atoms with Crippen molar-refractivity contribution in [3.8, 4) is 0 Å². The van der Waals surface area contributed by atoms with Gasteiger partial charge in [-0.1, -0.05) is 0 Å². The first kappa shape index (κ1) is 12.4. The first-order chi connectivity index (χ1) is 9.56. The highest BCUT2D eigenvalue weighted by molar-refractivity contribution is 6.28. The van der Waals surface area contributed by atoms with E-state index in [9.17, 15) is 14.9 Å². The van der Waals surface area contributed by atoms with Crippen LogP contribution in [0.3, 0.4) is 0 Å². The summed E-state index contributed by atoms with van der Waals surface area (Å²) in [4.78, 5) is 33.7. The Morgan fingerprint density at radius 3 is 2.75 bits per heavy atom. The fourth-order valence-corrected chi connectivity index (χ4v) is 2.08. The van der Waals surface area contributed by atoms with Gasteiger partial charge in [0.1, 0.15) is 0 Å². The Morgan fingerprint density at radius 1 is 1.25 bits per heavy atom. The first-order valence-corrected chi connectivity index (χ1v) is 5.85. The quantitative estimate of drug-likeness (QED) is 0.452. The van der Waals surface area contributed by atoms with Gasteiger partial charge in [0, 0.05) is 23.5 Å². The molecule has 0 atom stereocenters. The van der Waals surface area contributed by atoms with Crippen molar-refractivity contribution in [2.24, 2.45) is 4.99 Å². The van der Waals surface area contributed by atoms with Gasteiger partial charge in [-0.2, -0.15) is 0 Å². The lowest BCUT2D eigenvalue weighted by Crippen LogP contribution is -2.23. The Morgan fingerprint density at radius 2 is 2.05 bits per heavy atom. The molecule has 7 nitrogen and oxygen atoms in total. The summed E-state index contributed by atoms with van der Waals surface area (Å²) in [6.45, 7) is 0. The van der Waals surface area contributed by atoms with Crippen molar-refractivity contribution in [2.45, 2.75) is 0 Å². The number of halogens is 1. The molecule has 1 aromatic carbocycles. The third kappa shape index (κ3) is 1.94. The molecule has 0 saturated heterocycles. The molecular formula is C12H5ClN4O3. The lowest BCUT2D eigenvalue weighted by atomic mass is 10.1. The van der Waals surface area contributed by atoms with Crippen molar-refractivity contribution in [1.82, 2.24) is 9.97 Å². The number of benzene rings is 1. The van der Waals surface area contributed by atoms with Gasteiger partial charge in [0.05, 0.1) is 21.5 Å². The SMILES string of the molecule is O=C1N=c2ccc([N+](=O)[O-])cc2=C1c1ccnc(Cl)n1. The molecular weight excluding hydrogens is 284 g/mol. The normalized spacial score (nSPS) is 13.1. The molecule has 1 aliphatic rings. The minimum absolute atomic E-state index is 0.0123. The van der Waals surface area contributed by atoms with Gasteiger partial charge >= 0.3 is 0 Å². The van der Waals surface area contributed by atoms with E-state index in [4.69, 9.17) is 11.6 Å². The Kier molecular flexibility index (Phi) is 2.76. The number of hydrogen-bond donors (Lipinski definition) is 0. The maximum atomic E-state index is 11.9. The second-order valence-electron chi connectivity index (χ2n) is 3.96. The molecule has 0 unspecified atom stereocenters. The van der Waals surface area contributed by atoms with E-state index in [0.717, 1.165) is 0 Å². The van der Waals surface area contributed by atoms with Gasteiger partial charge in [-0.05, 0) is 23.7 Å². The van der Waals surface area contributed by atoms with Crippen LogP contribution < -0.4 is 10.6 Å². The number of rotatable bonds is 2. The van der Waals surface area contributed by atoms with Crippen LogP contribution in [0.15, 0.2) is 35.5 Å². The second-order valence-corrected chi connectivity index (χ2v) is 4.30. The fraction of sp³-hybridized carbons (Fsp3) is 0. The molecule has 0 saturated carbocycles. The molecule has 0 fully saturated rings. The Bertz CT molecular complexity index is 879. The maximum Gasteiger partial charge on any atom is 0.280 e. The minimum atomic E-state index is -0.534. The van der Waals surface area contributed by atoms with Crippen LogP contribution >= 0.6 is 11.6 Å². The minimum Gasteiger partial charge on any atom is -0.267 e. The highest BCUT2D eigenvalue weighted by Crippen LogP contribution is 2.15. The van der Waals surface area contributed by atoms with Crippen LogP contribution in [0.5, 0.6) is 0 Å². The molecule has 1 aliphatic heterocycles. The molecule has 1 amide bonds. The number of fused-ring (bicyclic) bond motifs is 1. The molecule has 20 heavy (non-hydrogen) atoms. The van der Waals surface area contributed by atoms with Crippen molar-refractivity contribution < 1.29 is 9.72 Å². The zero-order chi connectivity index (χ0) is 14.3. The van der Waals surface area contributed by atoms with Crippen LogP contribution in [0, 0.1) is 10.1 Å². The van der Waals surface area contributed by atoms with Crippen LogP contribution in [-0.2, 0) is 4.79 Å². The van der Waals surface area contributed by atoms with E-state index in [1.54, 1.807) is 0 Å². The summed E-state index contributed by atoms with van der Waals surface area (Å²) in [5.41, 5.74) is 0.359. The van der Waals surface area contributed by atoms with Crippen molar-refractivity contribution in [3.05, 3.63) is 62.1 Å². The molecule has 1 aromatic heterocycles. The largest absolute Gasteiger partial charge is 0.280 e. The molecule has 2 aromatic rings. The smallest absolute Gasteiger partial charge is 0.267 e. The van der Waals surface area contributed by atoms with E-state index < -0.39 is 10.8 Å². The van der Waals surface area contributed by atoms with Gasteiger partial charge in [-0.25, -0.2) is 15.0 Å². The average Bonchev–Trinajstić information content (AvgIpc) is 2.73. The molecule has 3 rings (SSSR count). The fourth-order valence-electron chi connectivity index (χ4n) is 1.94. The highest BCUT2D eigenvalue weighted by atomic mass is 35.5. The monoisotopic (exact) mass is 288 g/mol. The number of non-ortho nitro benzene ring substituents is 1. The molecule has 0 N–H and O–H groups in total. The summed E-state index contributed by atoms with van der Waals surface area (Å²) in [5, 5.41) is 11.6. The van der Waals surface area contributed by atoms with E-state index in [2.05, 4.69) is 15.0 Å². The topological polar surface area (TPSA) is 98.3 Å². The molecule has 2 heterocycles. The zero-order valence-electron chi connectivity index (χ0n) is 9.78. The van der Waals surface area contributed by atoms with Crippen LogP contribution in [0.2, 0.25) is 5.28 Å². The molecule has 0 spiro atoms. The Hall–Kier alpha value is -2.67. The van der Waals surface area contributed by atoms with E-state index in [1.807, 2.05) is 0 Å². The van der Waals surface area contributed by atoms with Gasteiger partial charge in [0.15, 0.2) is 0 Å². The first-order valence-electron chi connectivity index (χ1n) is 5.47. The van der Waals surface area contributed by atoms with Gasteiger partial charge in [-0.15, -0.1) is 0 Å². The zero-order valence-corrected chi connectivity index (χ0v) is 10.5. The van der Waals surface area contributed by atoms with Gasteiger partial charge in [0.2, 0.25) is 5.28 Å². The molecule has 0 radical (unpaired) electrons. The second kappa shape index (κ2) is 4.46. The predicted molar refractivity (Wildman–Crippen MR) is 68.4 cm³/mol. The van der Waals surface area contributed by atoms with Gasteiger partial charge in [-0.3, -0.25) is 14.9 Å². The number of amides is 1. The summed E-state index contributed by atoms with van der Waals surface area (Å²) >= 11 is 5.69. The van der Waals surface area contributed by atoms with Crippen LogP contribution in [0.1, 0.15) is 5.69 Å². The number of aromatic nitrogens is 2. The number of hydrogen-bond acceptors (Lipinski definition) is 5. The van der Waals surface area contributed by atoms with E-state index in [-0.39, 0.29) is 22.2 Å². The van der Waals surface area contributed by atoms with Crippen LogP contribution in [-0.4, -0.2) is 20.8 Å². The number of carbonyl (C=O) groups is 1. The molecule has 8 heteroatoms. The van der Waals surface area contributed by atoms with Crippen molar-refractivity contribution >= 4 is 28.8 Å². The number of nitrogens with zero attached hydrogens (tertiary/aromatic N) is 4. The summed E-state index contributed by atoms with van der Waals surface area (Å²) in [5.74, 6) is -0.504.